The Morgan fingerprint density at radius 1 is 1.43 bits per heavy atom. The number of aliphatic carboxylic acids is 1. The fourth-order valence-electron chi connectivity index (χ4n) is 1.85. The first kappa shape index (κ1) is 15.3. The molecule has 0 amide bonds. The largest absolute Gasteiger partial charge is 0.486 e. The van der Waals surface area contributed by atoms with Gasteiger partial charge in [0.2, 0.25) is 0 Å². The summed E-state index contributed by atoms with van der Waals surface area (Å²) in [5.41, 5.74) is 1.17. The van der Waals surface area contributed by atoms with Crippen molar-refractivity contribution in [3.63, 3.8) is 0 Å². The van der Waals surface area contributed by atoms with Crippen LogP contribution in [-0.4, -0.2) is 16.1 Å². The van der Waals surface area contributed by atoms with Crippen molar-refractivity contribution in [3.8, 4) is 5.75 Å². The zero-order valence-electron chi connectivity index (χ0n) is 11.9. The summed E-state index contributed by atoms with van der Waals surface area (Å²) in [6.07, 6.45) is 4.29. The van der Waals surface area contributed by atoms with Crippen molar-refractivity contribution in [2.75, 3.05) is 0 Å². The first-order chi connectivity index (χ1) is 10.1. The number of thiazole rings is 1. The molecule has 1 aromatic heterocycles. The van der Waals surface area contributed by atoms with E-state index >= 15 is 0 Å². The highest BCUT2D eigenvalue weighted by molar-refractivity contribution is 7.12. The fourth-order valence-corrected chi connectivity index (χ4v) is 2.59. The van der Waals surface area contributed by atoms with Crippen LogP contribution in [0.5, 0.6) is 5.75 Å². The molecular formula is C16H17NO3S. The first-order valence-electron chi connectivity index (χ1n) is 6.63. The van der Waals surface area contributed by atoms with Gasteiger partial charge < -0.3 is 9.84 Å². The molecule has 5 heteroatoms. The maximum atomic E-state index is 10.5. The van der Waals surface area contributed by atoms with Crippen LogP contribution in [0.2, 0.25) is 0 Å². The van der Waals surface area contributed by atoms with Crippen LogP contribution < -0.4 is 4.74 Å². The molecule has 4 nitrogen and oxygen atoms in total. The lowest BCUT2D eigenvalue weighted by Gasteiger charge is -2.12. The number of rotatable bonds is 6. The molecule has 0 saturated heterocycles. The van der Waals surface area contributed by atoms with E-state index < -0.39 is 5.97 Å². The summed E-state index contributed by atoms with van der Waals surface area (Å²) >= 11 is 1.42. The number of hydrogen-bond donors (Lipinski definition) is 1. The number of ether oxygens (including phenoxy) is 1. The Morgan fingerprint density at radius 3 is 2.90 bits per heavy atom. The minimum Gasteiger partial charge on any atom is -0.486 e. The van der Waals surface area contributed by atoms with Crippen LogP contribution in [0, 0.1) is 0 Å². The number of carbonyl (C=O) groups is 1. The Hall–Kier alpha value is -2.14. The van der Waals surface area contributed by atoms with E-state index in [1.165, 1.54) is 23.0 Å². The standard InChI is InChI=1S/C16H17NO3S/c1-11(2)13-5-3-4-6-14(13)20-10-15-17-9-12(21-15)7-8-16(18)19/h3-9,11H,10H2,1-2H3,(H,18,19)/b8-7+. The molecule has 0 aliphatic rings. The summed E-state index contributed by atoms with van der Waals surface area (Å²) in [5, 5.41) is 9.41. The Morgan fingerprint density at radius 2 is 2.19 bits per heavy atom. The summed E-state index contributed by atoms with van der Waals surface area (Å²) in [7, 11) is 0. The monoisotopic (exact) mass is 303 g/mol. The molecule has 0 atom stereocenters. The lowest BCUT2D eigenvalue weighted by molar-refractivity contribution is -0.131. The van der Waals surface area contributed by atoms with Crippen LogP contribution in [0.1, 0.15) is 35.2 Å². The molecule has 0 saturated carbocycles. The van der Waals surface area contributed by atoms with E-state index in [9.17, 15) is 4.79 Å². The van der Waals surface area contributed by atoms with E-state index in [2.05, 4.69) is 24.9 Å². The molecule has 1 N–H and O–H groups in total. The highest BCUT2D eigenvalue weighted by atomic mass is 32.1. The normalized spacial score (nSPS) is 11.2. The molecule has 0 radical (unpaired) electrons. The van der Waals surface area contributed by atoms with E-state index in [-0.39, 0.29) is 0 Å². The van der Waals surface area contributed by atoms with Crippen molar-refractivity contribution in [1.29, 1.82) is 0 Å². The second kappa shape index (κ2) is 7.04. The minimum absolute atomic E-state index is 0.384. The zero-order valence-corrected chi connectivity index (χ0v) is 12.8. The van der Waals surface area contributed by atoms with E-state index in [4.69, 9.17) is 9.84 Å². The summed E-state index contributed by atoms with van der Waals surface area (Å²) in [5.74, 6) is 0.295. The van der Waals surface area contributed by atoms with Crippen molar-refractivity contribution in [2.45, 2.75) is 26.4 Å². The maximum absolute atomic E-state index is 10.5. The number of aromatic nitrogens is 1. The molecule has 2 rings (SSSR count). The van der Waals surface area contributed by atoms with E-state index in [1.54, 1.807) is 6.20 Å². The summed E-state index contributed by atoms with van der Waals surface area (Å²) in [6.45, 7) is 4.64. The van der Waals surface area contributed by atoms with Gasteiger partial charge >= 0.3 is 5.97 Å². The van der Waals surface area contributed by atoms with Gasteiger partial charge in [-0.25, -0.2) is 9.78 Å². The van der Waals surface area contributed by atoms with Gasteiger partial charge in [-0.15, -0.1) is 11.3 Å². The van der Waals surface area contributed by atoms with Crippen molar-refractivity contribution >= 4 is 23.4 Å². The molecule has 0 bridgehead atoms. The van der Waals surface area contributed by atoms with Crippen molar-refractivity contribution in [3.05, 3.63) is 52.0 Å². The molecule has 2 aromatic rings. The number of hydrogen-bond acceptors (Lipinski definition) is 4. The van der Waals surface area contributed by atoms with Crippen molar-refractivity contribution in [2.24, 2.45) is 0 Å². The molecular weight excluding hydrogens is 286 g/mol. The number of benzene rings is 1. The number of carboxylic acid groups (broad SMARTS) is 1. The SMILES string of the molecule is CC(C)c1ccccc1OCc1ncc(/C=C/C(=O)O)s1. The quantitative estimate of drug-likeness (QED) is 0.821. The minimum atomic E-state index is -0.966. The molecule has 110 valence electrons. The predicted octanol–water partition coefficient (Wildman–Crippen LogP) is 3.94. The average Bonchev–Trinajstić information content (AvgIpc) is 2.91. The van der Waals surface area contributed by atoms with Crippen molar-refractivity contribution in [1.82, 2.24) is 4.98 Å². The summed E-state index contributed by atoms with van der Waals surface area (Å²) in [4.78, 5) is 15.5. The van der Waals surface area contributed by atoms with Gasteiger partial charge in [0.25, 0.3) is 0 Å². The van der Waals surface area contributed by atoms with Gasteiger partial charge in [0.05, 0.1) is 0 Å². The van der Waals surface area contributed by atoms with Crippen LogP contribution in [0.3, 0.4) is 0 Å². The molecule has 1 heterocycles. The second-order valence-electron chi connectivity index (χ2n) is 4.81. The average molecular weight is 303 g/mol. The van der Waals surface area contributed by atoms with E-state index in [0.717, 1.165) is 21.7 Å². The molecule has 0 spiro atoms. The highest BCUT2D eigenvalue weighted by Crippen LogP contribution is 2.27. The van der Waals surface area contributed by atoms with Crippen LogP contribution in [-0.2, 0) is 11.4 Å². The lowest BCUT2D eigenvalue weighted by Crippen LogP contribution is -1.99. The number of para-hydroxylation sites is 1. The van der Waals surface area contributed by atoms with Gasteiger partial charge in [-0.3, -0.25) is 0 Å². The van der Waals surface area contributed by atoms with E-state index in [0.29, 0.717) is 12.5 Å². The smallest absolute Gasteiger partial charge is 0.328 e. The van der Waals surface area contributed by atoms with Crippen LogP contribution in [0.15, 0.2) is 36.5 Å². The third-order valence-electron chi connectivity index (χ3n) is 2.85. The van der Waals surface area contributed by atoms with Gasteiger partial charge in [0.1, 0.15) is 17.4 Å². The topological polar surface area (TPSA) is 59.4 Å². The number of nitrogens with zero attached hydrogens (tertiary/aromatic N) is 1. The molecule has 0 fully saturated rings. The predicted molar refractivity (Wildman–Crippen MR) is 83.6 cm³/mol. The Bertz CT molecular complexity index is 646. The molecule has 0 aliphatic carbocycles. The van der Waals surface area contributed by atoms with Gasteiger partial charge in [-0.1, -0.05) is 32.0 Å². The highest BCUT2D eigenvalue weighted by Gasteiger charge is 2.08. The Balaban J connectivity index is 2.02. The van der Waals surface area contributed by atoms with E-state index in [1.807, 2.05) is 18.2 Å². The zero-order chi connectivity index (χ0) is 15.2. The molecule has 0 unspecified atom stereocenters. The first-order valence-corrected chi connectivity index (χ1v) is 7.45. The van der Waals surface area contributed by atoms with Crippen LogP contribution in [0.25, 0.3) is 6.08 Å². The van der Waals surface area contributed by atoms with Crippen molar-refractivity contribution < 1.29 is 14.6 Å². The van der Waals surface area contributed by atoms with Gasteiger partial charge in [0.15, 0.2) is 0 Å². The Kier molecular flexibility index (Phi) is 5.11. The molecule has 1 aromatic carbocycles. The summed E-state index contributed by atoms with van der Waals surface area (Å²) < 4.78 is 5.83. The fraction of sp³-hybridized carbons (Fsp3) is 0.250. The van der Waals surface area contributed by atoms with Gasteiger partial charge in [0, 0.05) is 17.2 Å². The molecule has 21 heavy (non-hydrogen) atoms. The maximum Gasteiger partial charge on any atom is 0.328 e. The Labute approximate surface area is 127 Å². The van der Waals surface area contributed by atoms with Crippen LogP contribution >= 0.6 is 11.3 Å². The number of carboxylic acids is 1. The third kappa shape index (κ3) is 4.43. The lowest BCUT2D eigenvalue weighted by atomic mass is 10.0. The third-order valence-corrected chi connectivity index (χ3v) is 3.79. The summed E-state index contributed by atoms with van der Waals surface area (Å²) in [6, 6.07) is 7.96. The van der Waals surface area contributed by atoms with Gasteiger partial charge in [-0.2, -0.15) is 0 Å². The van der Waals surface area contributed by atoms with Gasteiger partial charge in [-0.05, 0) is 23.6 Å². The molecule has 0 aliphatic heterocycles. The second-order valence-corrected chi connectivity index (χ2v) is 5.96. The van der Waals surface area contributed by atoms with Crippen LogP contribution in [0.4, 0.5) is 0 Å².